The molecule has 10 rings (SSSR count). The van der Waals surface area contributed by atoms with Gasteiger partial charge in [-0.2, -0.15) is 0 Å². The van der Waals surface area contributed by atoms with Gasteiger partial charge in [0.15, 0.2) is 0 Å². The summed E-state index contributed by atoms with van der Waals surface area (Å²) >= 11 is 0. The average Bonchev–Trinajstić information content (AvgIpc) is 3.59. The van der Waals surface area contributed by atoms with Gasteiger partial charge in [-0.25, -0.2) is 0 Å². The Morgan fingerprint density at radius 1 is 0.296 bits per heavy atom. The second kappa shape index (κ2) is 13.4. The average molecular weight is 689 g/mol. The van der Waals surface area contributed by atoms with Crippen LogP contribution in [0.4, 0.5) is 17.1 Å². The molecule has 0 saturated heterocycles. The fraction of sp³-hybridized carbons (Fsp3) is 0. The van der Waals surface area contributed by atoms with Crippen molar-refractivity contribution < 1.29 is 0 Å². The number of rotatable bonds is 7. The van der Waals surface area contributed by atoms with Gasteiger partial charge in [-0.3, -0.25) is 0 Å². The van der Waals surface area contributed by atoms with E-state index in [0.717, 1.165) is 17.1 Å². The Bertz CT molecular complexity index is 2870. The monoisotopic (exact) mass is 688 g/mol. The van der Waals surface area contributed by atoms with Gasteiger partial charge >= 0.3 is 0 Å². The molecule has 254 valence electrons. The maximum atomic E-state index is 2.41. The largest absolute Gasteiger partial charge is 0.310 e. The number of fused-ring (bicyclic) bond motifs is 4. The molecule has 1 heterocycles. The molecular formula is C52H36N2. The van der Waals surface area contributed by atoms with E-state index in [1.54, 1.807) is 0 Å². The molecule has 54 heavy (non-hydrogen) atoms. The van der Waals surface area contributed by atoms with Gasteiger partial charge in [0.1, 0.15) is 0 Å². The number of para-hydroxylation sites is 3. The van der Waals surface area contributed by atoms with Crippen LogP contribution in [0.1, 0.15) is 0 Å². The van der Waals surface area contributed by atoms with Crippen LogP contribution in [-0.2, 0) is 0 Å². The smallest absolute Gasteiger partial charge is 0.0541 e. The Morgan fingerprint density at radius 3 is 1.50 bits per heavy atom. The van der Waals surface area contributed by atoms with Crippen LogP contribution in [0.5, 0.6) is 0 Å². The van der Waals surface area contributed by atoms with Crippen molar-refractivity contribution in [3.05, 3.63) is 218 Å². The molecule has 0 atom stereocenters. The molecule has 2 nitrogen and oxygen atoms in total. The van der Waals surface area contributed by atoms with Crippen LogP contribution < -0.4 is 4.90 Å². The molecule has 0 radical (unpaired) electrons. The zero-order valence-electron chi connectivity index (χ0n) is 29.7. The molecule has 0 aliphatic rings. The second-order valence-electron chi connectivity index (χ2n) is 13.8. The van der Waals surface area contributed by atoms with Crippen LogP contribution in [0.15, 0.2) is 218 Å². The molecule has 0 aliphatic carbocycles. The minimum Gasteiger partial charge on any atom is -0.310 e. The van der Waals surface area contributed by atoms with Gasteiger partial charge in [0.05, 0.1) is 16.7 Å². The molecule has 10 aromatic rings. The van der Waals surface area contributed by atoms with E-state index in [4.69, 9.17) is 0 Å². The maximum absolute atomic E-state index is 2.41. The van der Waals surface area contributed by atoms with E-state index in [-0.39, 0.29) is 0 Å². The second-order valence-corrected chi connectivity index (χ2v) is 13.8. The van der Waals surface area contributed by atoms with Crippen LogP contribution in [0, 0.1) is 0 Å². The van der Waals surface area contributed by atoms with E-state index >= 15 is 0 Å². The number of anilines is 3. The van der Waals surface area contributed by atoms with Crippen molar-refractivity contribution in [2.75, 3.05) is 4.90 Å². The van der Waals surface area contributed by atoms with Gasteiger partial charge < -0.3 is 9.47 Å². The van der Waals surface area contributed by atoms with Crippen molar-refractivity contribution in [3.8, 4) is 39.1 Å². The van der Waals surface area contributed by atoms with Gasteiger partial charge in [0.2, 0.25) is 0 Å². The lowest BCUT2D eigenvalue weighted by Gasteiger charge is -2.26. The fourth-order valence-corrected chi connectivity index (χ4v) is 7.96. The summed E-state index contributed by atoms with van der Waals surface area (Å²) in [6, 6.07) is 78.8. The van der Waals surface area contributed by atoms with Gasteiger partial charge in [-0.15, -0.1) is 0 Å². The topological polar surface area (TPSA) is 8.17 Å². The number of aromatic nitrogens is 1. The first-order valence-corrected chi connectivity index (χ1v) is 18.5. The molecule has 0 saturated carbocycles. The minimum atomic E-state index is 1.11. The Morgan fingerprint density at radius 2 is 0.796 bits per heavy atom. The van der Waals surface area contributed by atoms with Crippen molar-refractivity contribution in [3.63, 3.8) is 0 Å². The van der Waals surface area contributed by atoms with E-state index in [9.17, 15) is 0 Å². The summed E-state index contributed by atoms with van der Waals surface area (Å²) in [5.74, 6) is 0. The van der Waals surface area contributed by atoms with Gasteiger partial charge in [-0.05, 0) is 99.3 Å². The molecule has 9 aromatic carbocycles. The number of benzene rings is 9. The summed E-state index contributed by atoms with van der Waals surface area (Å²) < 4.78 is 2.41. The van der Waals surface area contributed by atoms with Crippen molar-refractivity contribution in [2.24, 2.45) is 0 Å². The van der Waals surface area contributed by atoms with E-state index in [1.165, 1.54) is 71.6 Å². The molecule has 0 N–H and O–H groups in total. The quantitative estimate of drug-likeness (QED) is 0.162. The number of hydrogen-bond acceptors (Lipinski definition) is 1. The Hall–Kier alpha value is -7.16. The number of hydrogen-bond donors (Lipinski definition) is 0. The van der Waals surface area contributed by atoms with E-state index < -0.39 is 0 Å². The zero-order valence-corrected chi connectivity index (χ0v) is 29.7. The van der Waals surface area contributed by atoms with E-state index in [1.807, 2.05) is 0 Å². The summed E-state index contributed by atoms with van der Waals surface area (Å²) in [6.45, 7) is 0. The molecule has 0 aliphatic heterocycles. The van der Waals surface area contributed by atoms with Crippen LogP contribution in [0.25, 0.3) is 71.6 Å². The normalized spacial score (nSPS) is 11.3. The van der Waals surface area contributed by atoms with Gasteiger partial charge in [-0.1, -0.05) is 158 Å². The first kappa shape index (κ1) is 31.6. The molecule has 0 bridgehead atoms. The first-order chi connectivity index (χ1) is 26.8. The first-order valence-electron chi connectivity index (χ1n) is 18.5. The third kappa shape index (κ3) is 5.62. The molecule has 0 spiro atoms. The molecule has 0 unspecified atom stereocenters. The highest BCUT2D eigenvalue weighted by molar-refractivity contribution is 6.09. The third-order valence-corrected chi connectivity index (χ3v) is 10.6. The van der Waals surface area contributed by atoms with Crippen molar-refractivity contribution in [2.45, 2.75) is 0 Å². The Labute approximate surface area is 315 Å². The highest BCUT2D eigenvalue weighted by Crippen LogP contribution is 2.40. The zero-order chi connectivity index (χ0) is 35.8. The van der Waals surface area contributed by atoms with E-state index in [2.05, 4.69) is 228 Å². The van der Waals surface area contributed by atoms with Crippen LogP contribution in [-0.4, -0.2) is 4.57 Å². The van der Waals surface area contributed by atoms with Crippen LogP contribution >= 0.6 is 0 Å². The Kier molecular flexibility index (Phi) is 7.85. The molecule has 1 aromatic heterocycles. The standard InChI is InChI=1S/C52H36N2/c1-2-13-37(14-3-1)39-25-30-44(31-26-39)53(46-34-29-38-15-4-5-16-42(38)36-46)45-32-27-40(28-33-45)41-17-12-18-43(35-41)47-19-6-9-22-50(47)54-51-23-10-7-20-48(51)49-21-8-11-24-52(49)54/h1-36H. The van der Waals surface area contributed by atoms with E-state index in [0.29, 0.717) is 0 Å². The highest BCUT2D eigenvalue weighted by atomic mass is 15.1. The van der Waals surface area contributed by atoms with Crippen molar-refractivity contribution in [1.82, 2.24) is 4.57 Å². The molecular weight excluding hydrogens is 653 g/mol. The lowest BCUT2D eigenvalue weighted by atomic mass is 9.97. The summed E-state index contributed by atoms with van der Waals surface area (Å²) in [5.41, 5.74) is 14.1. The minimum absolute atomic E-state index is 1.11. The summed E-state index contributed by atoms with van der Waals surface area (Å²) in [6.07, 6.45) is 0. The number of nitrogens with zero attached hydrogens (tertiary/aromatic N) is 2. The fourth-order valence-electron chi connectivity index (χ4n) is 7.96. The SMILES string of the molecule is c1ccc(-c2ccc(N(c3ccc(-c4cccc(-c5ccccc5-n5c6ccccc6c6ccccc65)c4)cc3)c3ccc4ccccc4c3)cc2)cc1. The van der Waals surface area contributed by atoms with Crippen LogP contribution in [0.2, 0.25) is 0 Å². The summed E-state index contributed by atoms with van der Waals surface area (Å²) in [7, 11) is 0. The molecule has 0 amide bonds. The molecule has 0 fully saturated rings. The van der Waals surface area contributed by atoms with Gasteiger partial charge in [0.25, 0.3) is 0 Å². The predicted octanol–water partition coefficient (Wildman–Crippen LogP) is 14.4. The van der Waals surface area contributed by atoms with Crippen molar-refractivity contribution >= 4 is 49.6 Å². The maximum Gasteiger partial charge on any atom is 0.0541 e. The van der Waals surface area contributed by atoms with Crippen molar-refractivity contribution in [1.29, 1.82) is 0 Å². The third-order valence-electron chi connectivity index (χ3n) is 10.6. The lowest BCUT2D eigenvalue weighted by Crippen LogP contribution is -2.09. The summed E-state index contributed by atoms with van der Waals surface area (Å²) in [5, 5.41) is 4.98. The van der Waals surface area contributed by atoms with Gasteiger partial charge in [0, 0.05) is 33.4 Å². The molecule has 2 heteroatoms. The predicted molar refractivity (Wildman–Crippen MR) is 229 cm³/mol. The highest BCUT2D eigenvalue weighted by Gasteiger charge is 2.17. The Balaban J connectivity index is 1.03. The summed E-state index contributed by atoms with van der Waals surface area (Å²) in [4.78, 5) is 2.35. The van der Waals surface area contributed by atoms with Crippen LogP contribution in [0.3, 0.4) is 0 Å². The lowest BCUT2D eigenvalue weighted by molar-refractivity contribution is 1.18.